The molecule has 1 atom stereocenters. The maximum atomic E-state index is 6.39. The van der Waals surface area contributed by atoms with Crippen LogP contribution in [0.25, 0.3) is 0 Å². The molecule has 5 heteroatoms. The molecule has 0 amide bonds. The molecule has 1 aromatic rings. The van der Waals surface area contributed by atoms with E-state index < -0.39 is 0 Å². The monoisotopic (exact) mass is 347 g/mol. The van der Waals surface area contributed by atoms with Crippen molar-refractivity contribution in [3.63, 3.8) is 0 Å². The van der Waals surface area contributed by atoms with Gasteiger partial charge < -0.3 is 15.2 Å². The molecule has 1 aliphatic carbocycles. The minimum Gasteiger partial charge on any atom is -0.492 e. The molecule has 126 valence electrons. The van der Waals surface area contributed by atoms with Crippen molar-refractivity contribution in [1.29, 1.82) is 0 Å². The molecule has 2 rings (SSSR count). The van der Waals surface area contributed by atoms with E-state index in [0.29, 0.717) is 18.2 Å². The first-order chi connectivity index (χ1) is 10.1. The lowest BCUT2D eigenvalue weighted by Crippen LogP contribution is -2.18. The molecule has 22 heavy (non-hydrogen) atoms. The Balaban J connectivity index is 0.00000242. The molecule has 1 aromatic carbocycles. The van der Waals surface area contributed by atoms with Crippen LogP contribution in [0.1, 0.15) is 44.2 Å². The number of ether oxygens (including phenoxy) is 2. The van der Waals surface area contributed by atoms with Crippen molar-refractivity contribution in [2.75, 3.05) is 13.2 Å². The molecule has 0 heterocycles. The minimum absolute atomic E-state index is 0. The summed E-state index contributed by atoms with van der Waals surface area (Å²) in [7, 11) is 0. The first kappa shape index (κ1) is 19.6. The van der Waals surface area contributed by atoms with Gasteiger partial charge in [-0.15, -0.1) is 12.4 Å². The molecule has 0 aromatic heterocycles. The van der Waals surface area contributed by atoms with Gasteiger partial charge in [0.2, 0.25) is 0 Å². The van der Waals surface area contributed by atoms with E-state index >= 15 is 0 Å². The van der Waals surface area contributed by atoms with E-state index in [0.717, 1.165) is 42.2 Å². The van der Waals surface area contributed by atoms with Crippen molar-refractivity contribution in [2.24, 2.45) is 11.7 Å². The number of hydrogen-bond donors (Lipinski definition) is 1. The van der Waals surface area contributed by atoms with Crippen LogP contribution in [0, 0.1) is 5.92 Å². The average Bonchev–Trinajstić information content (AvgIpc) is 3.21. The Bertz CT molecular complexity index is 462. The van der Waals surface area contributed by atoms with Gasteiger partial charge in [-0.1, -0.05) is 18.5 Å². The Morgan fingerprint density at radius 3 is 2.68 bits per heavy atom. The lowest BCUT2D eigenvalue weighted by atomic mass is 10.0. The smallest absolute Gasteiger partial charge is 0.141 e. The Morgan fingerprint density at radius 2 is 2.09 bits per heavy atom. The SMILES string of the molecule is CCCOc1c(Cl)cc(COCC2CC2)cc1CC(C)N.Cl. The van der Waals surface area contributed by atoms with E-state index in [1.807, 2.05) is 13.0 Å². The van der Waals surface area contributed by atoms with Crippen molar-refractivity contribution < 1.29 is 9.47 Å². The van der Waals surface area contributed by atoms with E-state index in [-0.39, 0.29) is 18.4 Å². The molecule has 1 aliphatic rings. The first-order valence-electron chi connectivity index (χ1n) is 7.87. The quantitative estimate of drug-likeness (QED) is 0.721. The van der Waals surface area contributed by atoms with Crippen LogP contribution >= 0.6 is 24.0 Å². The van der Waals surface area contributed by atoms with Gasteiger partial charge in [-0.2, -0.15) is 0 Å². The van der Waals surface area contributed by atoms with Crippen molar-refractivity contribution in [3.8, 4) is 5.75 Å². The number of halogens is 2. The highest BCUT2D eigenvalue weighted by molar-refractivity contribution is 6.32. The number of nitrogens with two attached hydrogens (primary N) is 1. The lowest BCUT2D eigenvalue weighted by molar-refractivity contribution is 0.111. The van der Waals surface area contributed by atoms with Crippen molar-refractivity contribution in [3.05, 3.63) is 28.3 Å². The normalized spacial score (nSPS) is 15.3. The van der Waals surface area contributed by atoms with Crippen molar-refractivity contribution in [1.82, 2.24) is 0 Å². The van der Waals surface area contributed by atoms with Crippen LogP contribution in [0.4, 0.5) is 0 Å². The topological polar surface area (TPSA) is 44.5 Å². The van der Waals surface area contributed by atoms with Crippen LogP contribution in [0.3, 0.4) is 0 Å². The van der Waals surface area contributed by atoms with Crippen LogP contribution in [-0.2, 0) is 17.8 Å². The highest BCUT2D eigenvalue weighted by Crippen LogP contribution is 2.33. The third-order valence-electron chi connectivity index (χ3n) is 3.49. The maximum Gasteiger partial charge on any atom is 0.141 e. The molecule has 1 fully saturated rings. The summed E-state index contributed by atoms with van der Waals surface area (Å²) < 4.78 is 11.5. The summed E-state index contributed by atoms with van der Waals surface area (Å²) >= 11 is 6.39. The molecule has 0 saturated heterocycles. The van der Waals surface area contributed by atoms with Gasteiger partial charge in [0, 0.05) is 12.6 Å². The van der Waals surface area contributed by atoms with Gasteiger partial charge in [0.15, 0.2) is 0 Å². The Kier molecular flexibility index (Phi) is 8.55. The lowest BCUT2D eigenvalue weighted by Gasteiger charge is -2.16. The predicted molar refractivity (Wildman–Crippen MR) is 94.2 cm³/mol. The average molecular weight is 348 g/mol. The molecular weight excluding hydrogens is 321 g/mol. The van der Waals surface area contributed by atoms with E-state index in [1.54, 1.807) is 0 Å². The van der Waals surface area contributed by atoms with Gasteiger partial charge in [0.05, 0.1) is 18.2 Å². The molecule has 1 unspecified atom stereocenters. The fourth-order valence-electron chi connectivity index (χ4n) is 2.29. The number of hydrogen-bond acceptors (Lipinski definition) is 3. The van der Waals surface area contributed by atoms with E-state index in [9.17, 15) is 0 Å². The molecule has 1 saturated carbocycles. The second kappa shape index (κ2) is 9.61. The molecule has 0 aliphatic heterocycles. The molecule has 2 N–H and O–H groups in total. The van der Waals surface area contributed by atoms with Gasteiger partial charge >= 0.3 is 0 Å². The second-order valence-corrected chi connectivity index (χ2v) is 6.46. The first-order valence-corrected chi connectivity index (χ1v) is 8.25. The summed E-state index contributed by atoms with van der Waals surface area (Å²) in [6.45, 7) is 6.21. The third-order valence-corrected chi connectivity index (χ3v) is 3.77. The third kappa shape index (κ3) is 6.33. The van der Waals surface area contributed by atoms with Gasteiger partial charge in [-0.05, 0) is 61.8 Å². The molecule has 0 radical (unpaired) electrons. The Morgan fingerprint density at radius 1 is 1.36 bits per heavy atom. The largest absolute Gasteiger partial charge is 0.492 e. The summed E-state index contributed by atoms with van der Waals surface area (Å²) in [6.07, 6.45) is 4.33. The zero-order valence-electron chi connectivity index (χ0n) is 13.4. The summed E-state index contributed by atoms with van der Waals surface area (Å²) in [5, 5.41) is 0.659. The number of benzene rings is 1. The Labute approximate surface area is 144 Å². The van der Waals surface area contributed by atoms with Crippen LogP contribution < -0.4 is 10.5 Å². The van der Waals surface area contributed by atoms with Gasteiger partial charge in [0.25, 0.3) is 0 Å². The predicted octanol–water partition coefficient (Wildman–Crippen LogP) is 4.37. The van der Waals surface area contributed by atoms with Crippen molar-refractivity contribution in [2.45, 2.75) is 52.2 Å². The second-order valence-electron chi connectivity index (χ2n) is 6.05. The van der Waals surface area contributed by atoms with Crippen LogP contribution in [0.5, 0.6) is 5.75 Å². The summed E-state index contributed by atoms with van der Waals surface area (Å²) in [6, 6.07) is 4.14. The zero-order chi connectivity index (χ0) is 15.2. The summed E-state index contributed by atoms with van der Waals surface area (Å²) in [4.78, 5) is 0. The van der Waals surface area contributed by atoms with E-state index in [4.69, 9.17) is 26.8 Å². The van der Waals surface area contributed by atoms with Crippen molar-refractivity contribution >= 4 is 24.0 Å². The summed E-state index contributed by atoms with van der Waals surface area (Å²) in [5.74, 6) is 1.55. The highest BCUT2D eigenvalue weighted by atomic mass is 35.5. The number of rotatable bonds is 9. The van der Waals surface area contributed by atoms with Gasteiger partial charge in [0.1, 0.15) is 5.75 Å². The molecule has 0 spiro atoms. The standard InChI is InChI=1S/C17H26ClNO2.ClH/c1-3-6-21-17-15(7-12(2)19)8-14(9-16(17)18)11-20-10-13-4-5-13;/h8-9,12-13H,3-7,10-11,19H2,1-2H3;1H. The van der Waals surface area contributed by atoms with E-state index in [2.05, 4.69) is 13.0 Å². The summed E-state index contributed by atoms with van der Waals surface area (Å²) in [5.41, 5.74) is 8.12. The highest BCUT2D eigenvalue weighted by Gasteiger charge is 2.21. The molecular formula is C17H27Cl2NO2. The molecule has 0 bridgehead atoms. The maximum absolute atomic E-state index is 6.39. The fourth-order valence-corrected chi connectivity index (χ4v) is 2.60. The van der Waals surface area contributed by atoms with E-state index in [1.165, 1.54) is 12.8 Å². The minimum atomic E-state index is 0. The zero-order valence-corrected chi connectivity index (χ0v) is 15.0. The van der Waals surface area contributed by atoms with Gasteiger partial charge in [-0.25, -0.2) is 0 Å². The van der Waals surface area contributed by atoms with Crippen LogP contribution in [0.15, 0.2) is 12.1 Å². The fraction of sp³-hybridized carbons (Fsp3) is 0.647. The van der Waals surface area contributed by atoms with Crippen LogP contribution in [-0.4, -0.2) is 19.3 Å². The van der Waals surface area contributed by atoms with Crippen LogP contribution in [0.2, 0.25) is 5.02 Å². The Hall–Kier alpha value is -0.480. The molecule has 3 nitrogen and oxygen atoms in total. The van der Waals surface area contributed by atoms with Gasteiger partial charge in [-0.3, -0.25) is 0 Å².